The van der Waals surface area contributed by atoms with Gasteiger partial charge in [-0.3, -0.25) is 14.3 Å². The molecule has 4 aromatic heterocycles. The SMILES string of the molecule is CC(=O)c1ccn2c(-c3cnc[nH]3)c(-c3n[nH]c(C(F)(F)F)n3)nc2n1. The first-order valence-corrected chi connectivity index (χ1v) is 7.23. The number of halogens is 3. The van der Waals surface area contributed by atoms with Gasteiger partial charge in [0.25, 0.3) is 0 Å². The van der Waals surface area contributed by atoms with Gasteiger partial charge in [-0.15, -0.1) is 0 Å². The van der Waals surface area contributed by atoms with Crippen LogP contribution in [0.15, 0.2) is 24.8 Å². The summed E-state index contributed by atoms with van der Waals surface area (Å²) < 4.78 is 39.9. The number of imidazole rings is 2. The molecule has 0 aliphatic rings. The zero-order chi connectivity index (χ0) is 18.5. The van der Waals surface area contributed by atoms with E-state index in [4.69, 9.17) is 0 Å². The highest BCUT2D eigenvalue weighted by Gasteiger charge is 2.36. The Hall–Kier alpha value is -3.57. The number of nitrogens with one attached hydrogen (secondary N) is 2. The van der Waals surface area contributed by atoms with Crippen LogP contribution in [-0.2, 0) is 6.18 Å². The molecule has 0 spiro atoms. The summed E-state index contributed by atoms with van der Waals surface area (Å²) in [7, 11) is 0. The van der Waals surface area contributed by atoms with Crippen LogP contribution in [0.5, 0.6) is 0 Å². The van der Waals surface area contributed by atoms with E-state index in [0.29, 0.717) is 11.4 Å². The fourth-order valence-electron chi connectivity index (χ4n) is 2.42. The number of rotatable bonds is 3. The minimum Gasteiger partial charge on any atom is -0.343 e. The van der Waals surface area contributed by atoms with Gasteiger partial charge in [0.2, 0.25) is 17.4 Å². The lowest BCUT2D eigenvalue weighted by atomic mass is 10.2. The number of hydrogen-bond donors (Lipinski definition) is 2. The lowest BCUT2D eigenvalue weighted by molar-refractivity contribution is -0.144. The number of ketones is 1. The van der Waals surface area contributed by atoms with Crippen LogP contribution >= 0.6 is 0 Å². The van der Waals surface area contributed by atoms with Crippen LogP contribution in [-0.4, -0.2) is 45.3 Å². The molecular formula is C14H9F3N8O. The van der Waals surface area contributed by atoms with E-state index in [0.717, 1.165) is 0 Å². The van der Waals surface area contributed by atoms with Crippen molar-refractivity contribution in [2.24, 2.45) is 0 Å². The van der Waals surface area contributed by atoms with E-state index in [1.165, 1.54) is 29.9 Å². The molecule has 0 saturated carbocycles. The summed E-state index contributed by atoms with van der Waals surface area (Å²) >= 11 is 0. The third-order valence-electron chi connectivity index (χ3n) is 3.57. The van der Waals surface area contributed by atoms with Gasteiger partial charge in [-0.2, -0.15) is 18.3 Å². The highest BCUT2D eigenvalue weighted by atomic mass is 19.4. The first kappa shape index (κ1) is 15.9. The highest BCUT2D eigenvalue weighted by molar-refractivity contribution is 5.92. The van der Waals surface area contributed by atoms with Crippen LogP contribution in [0.4, 0.5) is 13.2 Å². The molecule has 0 unspecified atom stereocenters. The molecule has 4 aromatic rings. The van der Waals surface area contributed by atoms with E-state index < -0.39 is 12.0 Å². The molecule has 0 radical (unpaired) electrons. The van der Waals surface area contributed by atoms with Gasteiger partial charge in [0.05, 0.1) is 18.2 Å². The van der Waals surface area contributed by atoms with Crippen LogP contribution in [0.2, 0.25) is 0 Å². The number of fused-ring (bicyclic) bond motifs is 1. The van der Waals surface area contributed by atoms with Gasteiger partial charge in [-0.1, -0.05) is 0 Å². The second-order valence-corrected chi connectivity index (χ2v) is 5.32. The Morgan fingerprint density at radius 2 is 2.04 bits per heavy atom. The molecule has 132 valence electrons. The normalized spacial score (nSPS) is 12.0. The summed E-state index contributed by atoms with van der Waals surface area (Å²) in [5, 5.41) is 5.47. The van der Waals surface area contributed by atoms with Crippen molar-refractivity contribution in [1.82, 2.24) is 39.5 Å². The quantitative estimate of drug-likeness (QED) is 0.539. The maximum absolute atomic E-state index is 12.8. The minimum atomic E-state index is -4.67. The van der Waals surface area contributed by atoms with Gasteiger partial charge in [0.1, 0.15) is 17.1 Å². The van der Waals surface area contributed by atoms with E-state index in [2.05, 4.69) is 30.0 Å². The van der Waals surface area contributed by atoms with Crippen LogP contribution in [0, 0.1) is 0 Å². The van der Waals surface area contributed by atoms with Crippen molar-refractivity contribution in [2.75, 3.05) is 0 Å². The first-order valence-electron chi connectivity index (χ1n) is 7.23. The summed E-state index contributed by atoms with van der Waals surface area (Å²) in [6.45, 7) is 1.35. The number of nitrogens with zero attached hydrogens (tertiary/aromatic N) is 6. The molecule has 0 amide bonds. The molecule has 4 heterocycles. The van der Waals surface area contributed by atoms with Crippen LogP contribution in [0.1, 0.15) is 23.2 Å². The first-order chi connectivity index (χ1) is 12.3. The maximum atomic E-state index is 12.8. The predicted octanol–water partition coefficient (Wildman–Crippen LogP) is 2.13. The van der Waals surface area contributed by atoms with Crippen molar-refractivity contribution < 1.29 is 18.0 Å². The molecule has 4 rings (SSSR count). The van der Waals surface area contributed by atoms with Crippen LogP contribution in [0.25, 0.3) is 28.7 Å². The Bertz CT molecular complexity index is 1110. The Labute approximate surface area is 142 Å². The smallest absolute Gasteiger partial charge is 0.343 e. The zero-order valence-electron chi connectivity index (χ0n) is 13.0. The topological polar surface area (TPSA) is 118 Å². The molecule has 0 atom stereocenters. The summed E-state index contributed by atoms with van der Waals surface area (Å²) in [6, 6.07) is 1.49. The van der Waals surface area contributed by atoms with E-state index in [-0.39, 0.29) is 28.8 Å². The van der Waals surface area contributed by atoms with Crippen molar-refractivity contribution in [1.29, 1.82) is 0 Å². The summed E-state index contributed by atoms with van der Waals surface area (Å²) in [4.78, 5) is 30.1. The Balaban J connectivity index is 1.97. The number of alkyl halides is 3. The van der Waals surface area contributed by atoms with Crippen molar-refractivity contribution in [3.8, 4) is 22.9 Å². The number of hydrogen-bond acceptors (Lipinski definition) is 6. The number of H-pyrrole nitrogens is 2. The third-order valence-corrected chi connectivity index (χ3v) is 3.57. The average molecular weight is 362 g/mol. The number of Topliss-reactive ketones (excluding diaryl/α,β-unsaturated/α-hetero) is 1. The number of carbonyl (C=O) groups is 1. The van der Waals surface area contributed by atoms with Gasteiger partial charge < -0.3 is 4.98 Å². The van der Waals surface area contributed by atoms with Crippen molar-refractivity contribution in [2.45, 2.75) is 13.1 Å². The van der Waals surface area contributed by atoms with E-state index in [9.17, 15) is 18.0 Å². The molecule has 26 heavy (non-hydrogen) atoms. The van der Waals surface area contributed by atoms with Gasteiger partial charge in [0, 0.05) is 13.1 Å². The molecule has 12 heteroatoms. The molecular weight excluding hydrogens is 353 g/mol. The lowest BCUT2D eigenvalue weighted by Crippen LogP contribution is -2.07. The number of aromatic nitrogens is 8. The summed E-state index contributed by atoms with van der Waals surface area (Å²) in [5.41, 5.74) is 1.08. The molecule has 0 aromatic carbocycles. The van der Waals surface area contributed by atoms with Crippen molar-refractivity contribution >= 4 is 11.6 Å². The fourth-order valence-corrected chi connectivity index (χ4v) is 2.42. The molecule has 0 saturated heterocycles. The largest absolute Gasteiger partial charge is 0.451 e. The van der Waals surface area contributed by atoms with Crippen LogP contribution < -0.4 is 0 Å². The monoisotopic (exact) mass is 362 g/mol. The highest BCUT2D eigenvalue weighted by Crippen LogP contribution is 2.32. The van der Waals surface area contributed by atoms with Gasteiger partial charge in [-0.25, -0.2) is 19.9 Å². The Morgan fingerprint density at radius 3 is 2.65 bits per heavy atom. The second-order valence-electron chi connectivity index (χ2n) is 5.32. The van der Waals surface area contributed by atoms with Gasteiger partial charge in [0.15, 0.2) is 5.78 Å². The fraction of sp³-hybridized carbons (Fsp3) is 0.143. The standard InChI is InChI=1S/C14H9F3N8O/c1-6(26)7-2-3-25-10(8-4-18-5-19-8)9(21-13(25)20-7)11-22-12(24-23-11)14(15,16)17/h2-5H,1H3,(H,18,19)(H,22,23,24). The molecule has 9 nitrogen and oxygen atoms in total. The molecule has 0 aliphatic carbocycles. The maximum Gasteiger partial charge on any atom is 0.451 e. The number of aromatic amines is 2. The molecule has 0 fully saturated rings. The average Bonchev–Trinajstić information content (AvgIpc) is 3.31. The van der Waals surface area contributed by atoms with Gasteiger partial charge in [-0.05, 0) is 6.07 Å². The Kier molecular flexibility index (Phi) is 3.35. The van der Waals surface area contributed by atoms with Crippen molar-refractivity contribution in [3.05, 3.63) is 36.3 Å². The summed E-state index contributed by atoms with van der Waals surface area (Å²) in [5.74, 6) is -1.64. The number of carbonyl (C=O) groups excluding carboxylic acids is 1. The summed E-state index contributed by atoms with van der Waals surface area (Å²) in [6.07, 6.45) is -0.236. The molecule has 0 bridgehead atoms. The van der Waals surface area contributed by atoms with E-state index in [1.54, 1.807) is 6.20 Å². The van der Waals surface area contributed by atoms with E-state index in [1.807, 2.05) is 5.10 Å². The van der Waals surface area contributed by atoms with Crippen molar-refractivity contribution in [3.63, 3.8) is 0 Å². The second kappa shape index (κ2) is 5.47. The molecule has 2 N–H and O–H groups in total. The van der Waals surface area contributed by atoms with Crippen LogP contribution in [0.3, 0.4) is 0 Å². The van der Waals surface area contributed by atoms with E-state index >= 15 is 0 Å². The lowest BCUT2D eigenvalue weighted by Gasteiger charge is -2.01. The Morgan fingerprint density at radius 1 is 1.23 bits per heavy atom. The minimum absolute atomic E-state index is 0.0641. The molecule has 0 aliphatic heterocycles. The third kappa shape index (κ3) is 2.51. The van der Waals surface area contributed by atoms with Gasteiger partial charge >= 0.3 is 6.18 Å². The zero-order valence-corrected chi connectivity index (χ0v) is 13.0. The predicted molar refractivity (Wildman–Crippen MR) is 81.0 cm³/mol.